The predicted octanol–water partition coefficient (Wildman–Crippen LogP) is 6.45. The molecular formula is C31H32N2O6S2. The summed E-state index contributed by atoms with van der Waals surface area (Å²) in [6, 6.07) is 23.1. The van der Waals surface area contributed by atoms with Gasteiger partial charge in [-0.2, -0.15) is 8.42 Å². The Bertz CT molecular complexity index is 1830. The van der Waals surface area contributed by atoms with Crippen LogP contribution in [0.15, 0.2) is 89.2 Å². The Morgan fingerprint density at radius 3 is 2.37 bits per heavy atom. The van der Waals surface area contributed by atoms with Gasteiger partial charge in [-0.1, -0.05) is 42.5 Å². The second-order valence-corrected chi connectivity index (χ2v) is 11.8. The maximum absolute atomic E-state index is 13.7. The van der Waals surface area contributed by atoms with Crippen LogP contribution in [0.25, 0.3) is 26.7 Å². The van der Waals surface area contributed by atoms with Gasteiger partial charge in [-0.3, -0.25) is 13.7 Å². The van der Waals surface area contributed by atoms with Gasteiger partial charge in [-0.15, -0.1) is 11.3 Å². The highest BCUT2D eigenvalue weighted by Crippen LogP contribution is 2.31. The number of carbonyl (C=O) groups excluding carboxylic acids is 1. The molecule has 10 heteroatoms. The van der Waals surface area contributed by atoms with E-state index in [0.717, 1.165) is 40.0 Å². The number of hydrogen-bond donors (Lipinski definition) is 1. The molecule has 0 saturated carbocycles. The summed E-state index contributed by atoms with van der Waals surface area (Å²) in [5, 5.41) is 2.96. The molecule has 1 unspecified atom stereocenters. The van der Waals surface area contributed by atoms with E-state index in [2.05, 4.69) is 30.9 Å². The first-order chi connectivity index (χ1) is 19.5. The first-order valence-electron chi connectivity index (χ1n) is 13.1. The van der Waals surface area contributed by atoms with Crippen molar-refractivity contribution >= 4 is 48.7 Å². The fourth-order valence-corrected chi connectivity index (χ4v) is 5.59. The van der Waals surface area contributed by atoms with Crippen LogP contribution in [-0.2, 0) is 14.9 Å². The summed E-state index contributed by atoms with van der Waals surface area (Å²) >= 11 is 1.51. The summed E-state index contributed by atoms with van der Waals surface area (Å²) in [4.78, 5) is 29.4. The van der Waals surface area contributed by atoms with E-state index in [1.54, 1.807) is 16.7 Å². The number of thiophene rings is 1. The maximum Gasteiger partial charge on any atom is 0.340 e. The van der Waals surface area contributed by atoms with E-state index in [9.17, 15) is 18.0 Å². The van der Waals surface area contributed by atoms with E-state index in [1.165, 1.54) is 11.3 Å². The highest BCUT2D eigenvalue weighted by atomic mass is 32.2. The standard InChI is InChI=1S/C30H28N2O3S.CH4O3S/c1-4-31(5-2)24-13-9-12-23(18-24)20(3)35-30(34)26-19-25(21-10-7-6-8-11-21)29(33)32-16-14-22-15-17-36-28(22)27(26)32;1-5(2,3)4/h6-20H,4-5H2,1-3H3;1H3,(H,2,3,4). The summed E-state index contributed by atoms with van der Waals surface area (Å²) < 4.78 is 34.3. The number of hydrogen-bond acceptors (Lipinski definition) is 7. The van der Waals surface area contributed by atoms with Crippen molar-refractivity contribution in [3.63, 3.8) is 0 Å². The monoisotopic (exact) mass is 592 g/mol. The predicted molar refractivity (Wildman–Crippen MR) is 166 cm³/mol. The third-order valence-corrected chi connectivity index (χ3v) is 7.54. The van der Waals surface area contributed by atoms with Crippen LogP contribution in [-0.4, -0.2) is 42.7 Å². The largest absolute Gasteiger partial charge is 0.454 e. The van der Waals surface area contributed by atoms with Crippen LogP contribution in [0.2, 0.25) is 0 Å². The zero-order valence-electron chi connectivity index (χ0n) is 23.3. The molecule has 0 saturated heterocycles. The summed E-state index contributed by atoms with van der Waals surface area (Å²) in [7, 11) is -3.67. The van der Waals surface area contributed by atoms with Crippen LogP contribution in [0, 0.1) is 0 Å². The molecule has 2 aromatic carbocycles. The molecule has 0 aliphatic heterocycles. The molecule has 1 N–H and O–H groups in total. The van der Waals surface area contributed by atoms with Gasteiger partial charge in [0.15, 0.2) is 0 Å². The molecular weight excluding hydrogens is 560 g/mol. The van der Waals surface area contributed by atoms with Crippen LogP contribution < -0.4 is 10.5 Å². The highest BCUT2D eigenvalue weighted by Gasteiger charge is 2.22. The van der Waals surface area contributed by atoms with Gasteiger partial charge < -0.3 is 9.64 Å². The molecule has 5 rings (SSSR count). The highest BCUT2D eigenvalue weighted by molar-refractivity contribution is 7.85. The fourth-order valence-electron chi connectivity index (χ4n) is 4.64. The second kappa shape index (κ2) is 12.7. The molecule has 5 aromatic rings. The molecule has 3 aromatic heterocycles. The summed E-state index contributed by atoms with van der Waals surface area (Å²) in [5.74, 6) is -0.452. The van der Waals surface area contributed by atoms with E-state index in [1.807, 2.05) is 66.9 Å². The molecule has 214 valence electrons. The van der Waals surface area contributed by atoms with Crippen molar-refractivity contribution in [1.29, 1.82) is 0 Å². The third kappa shape index (κ3) is 7.02. The third-order valence-electron chi connectivity index (χ3n) is 6.60. The minimum Gasteiger partial charge on any atom is -0.454 e. The summed E-state index contributed by atoms with van der Waals surface area (Å²) in [6.45, 7) is 7.93. The van der Waals surface area contributed by atoms with Gasteiger partial charge in [-0.25, -0.2) is 4.79 Å². The molecule has 0 bridgehead atoms. The van der Waals surface area contributed by atoms with Gasteiger partial charge in [-0.05, 0) is 73.0 Å². The first kappa shape index (κ1) is 30.0. The van der Waals surface area contributed by atoms with Crippen molar-refractivity contribution in [2.45, 2.75) is 26.9 Å². The van der Waals surface area contributed by atoms with Gasteiger partial charge in [0, 0.05) is 30.5 Å². The molecule has 0 aliphatic rings. The van der Waals surface area contributed by atoms with Crippen molar-refractivity contribution in [3.8, 4) is 11.1 Å². The molecule has 0 aliphatic carbocycles. The summed E-state index contributed by atoms with van der Waals surface area (Å²) in [6.07, 6.45) is 2.00. The Kier molecular flexibility index (Phi) is 9.27. The topological polar surface area (TPSA) is 105 Å². The Hall–Kier alpha value is -3.99. The van der Waals surface area contributed by atoms with Crippen LogP contribution in [0.3, 0.4) is 0 Å². The minimum atomic E-state index is -3.67. The van der Waals surface area contributed by atoms with Crippen molar-refractivity contribution in [2.24, 2.45) is 0 Å². The van der Waals surface area contributed by atoms with Gasteiger partial charge in [0.1, 0.15) is 6.10 Å². The molecule has 0 radical (unpaired) electrons. The van der Waals surface area contributed by atoms with Gasteiger partial charge >= 0.3 is 5.97 Å². The lowest BCUT2D eigenvalue weighted by molar-refractivity contribution is 0.0340. The van der Waals surface area contributed by atoms with E-state index >= 15 is 0 Å². The number of rotatable bonds is 7. The molecule has 3 heterocycles. The quantitative estimate of drug-likeness (QED) is 0.171. The average Bonchev–Trinajstić information content (AvgIpc) is 3.43. The zero-order chi connectivity index (χ0) is 29.7. The van der Waals surface area contributed by atoms with Crippen molar-refractivity contribution in [3.05, 3.63) is 106 Å². The molecule has 0 fully saturated rings. The Balaban J connectivity index is 0.000000714. The van der Waals surface area contributed by atoms with Crippen LogP contribution in [0.4, 0.5) is 5.69 Å². The average molecular weight is 593 g/mol. The fraction of sp³-hybridized carbons (Fsp3) is 0.226. The number of pyridine rings is 2. The van der Waals surface area contributed by atoms with Gasteiger partial charge in [0.05, 0.1) is 22.0 Å². The Morgan fingerprint density at radius 2 is 1.71 bits per heavy atom. The Morgan fingerprint density at radius 1 is 1.02 bits per heavy atom. The van der Waals surface area contributed by atoms with Crippen molar-refractivity contribution < 1.29 is 22.5 Å². The lowest BCUT2D eigenvalue weighted by Crippen LogP contribution is -2.22. The van der Waals surface area contributed by atoms with Crippen LogP contribution in [0.5, 0.6) is 0 Å². The maximum atomic E-state index is 13.7. The van der Waals surface area contributed by atoms with Crippen LogP contribution in [0.1, 0.15) is 42.8 Å². The number of esters is 1. The number of benzene rings is 2. The van der Waals surface area contributed by atoms with Crippen molar-refractivity contribution in [1.82, 2.24) is 4.40 Å². The number of anilines is 1. The molecule has 41 heavy (non-hydrogen) atoms. The van der Waals surface area contributed by atoms with Gasteiger partial charge in [0.25, 0.3) is 15.7 Å². The van der Waals surface area contributed by atoms with Crippen LogP contribution >= 0.6 is 11.3 Å². The number of fused-ring (bicyclic) bond motifs is 3. The van der Waals surface area contributed by atoms with E-state index < -0.39 is 22.2 Å². The molecule has 1 atom stereocenters. The lowest BCUT2D eigenvalue weighted by Gasteiger charge is -2.23. The van der Waals surface area contributed by atoms with E-state index in [-0.39, 0.29) is 5.56 Å². The number of aromatic nitrogens is 1. The zero-order valence-corrected chi connectivity index (χ0v) is 24.9. The SMILES string of the molecule is CCN(CC)c1cccc(C(C)OC(=O)c2cc(-c3ccccc3)c(=O)n3ccc4ccsc4c23)c1.CS(=O)(=O)O. The minimum absolute atomic E-state index is 0.164. The van der Waals surface area contributed by atoms with Gasteiger partial charge in [0.2, 0.25) is 0 Å². The summed E-state index contributed by atoms with van der Waals surface area (Å²) in [5.41, 5.74) is 4.06. The second-order valence-electron chi connectivity index (χ2n) is 9.43. The molecule has 0 amide bonds. The smallest absolute Gasteiger partial charge is 0.340 e. The van der Waals surface area contributed by atoms with E-state index in [4.69, 9.17) is 9.29 Å². The number of ether oxygens (including phenoxy) is 1. The molecule has 8 nitrogen and oxygen atoms in total. The number of nitrogens with zero attached hydrogens (tertiary/aromatic N) is 2. The lowest BCUT2D eigenvalue weighted by atomic mass is 10.0. The normalized spacial score (nSPS) is 12.0. The number of carbonyl (C=O) groups is 1. The molecule has 0 spiro atoms. The Labute approximate surface area is 243 Å². The van der Waals surface area contributed by atoms with Crippen molar-refractivity contribution in [2.75, 3.05) is 24.2 Å². The first-order valence-corrected chi connectivity index (χ1v) is 15.8. The van der Waals surface area contributed by atoms with E-state index in [0.29, 0.717) is 22.9 Å².